The number of nitrogens with zero attached hydrogens (tertiary/aromatic N) is 10. The molecule has 0 aliphatic heterocycles. The predicted octanol–water partition coefficient (Wildman–Crippen LogP) is 29.1. The van der Waals surface area contributed by atoms with Crippen LogP contribution in [0.4, 0.5) is 31.5 Å². The van der Waals surface area contributed by atoms with Gasteiger partial charge in [-0.05, 0) is 232 Å². The van der Waals surface area contributed by atoms with E-state index in [0.717, 1.165) is 154 Å². The van der Waals surface area contributed by atoms with Crippen LogP contribution in [0.3, 0.4) is 0 Å². The molecule has 18 aromatic carbocycles. The Kier molecular flexibility index (Phi) is 24.5. The number of rotatable bonds is 13. The minimum absolute atomic E-state index is 0.179. The van der Waals surface area contributed by atoms with Crippen molar-refractivity contribution in [1.29, 1.82) is 31.6 Å². The van der Waals surface area contributed by atoms with Gasteiger partial charge in [-0.1, -0.05) is 234 Å². The summed E-state index contributed by atoms with van der Waals surface area (Å²) in [7, 11) is -1.97. The highest BCUT2D eigenvalue weighted by atomic mass is 79.9. The van der Waals surface area contributed by atoms with Gasteiger partial charge in [0.15, 0.2) is 0 Å². The maximum atomic E-state index is 17.0. The zero-order chi connectivity index (χ0) is 95.7. The van der Waals surface area contributed by atoms with Crippen molar-refractivity contribution >= 4 is 138 Å². The van der Waals surface area contributed by atoms with E-state index in [9.17, 15) is 31.1 Å². The second-order valence-electron chi connectivity index (χ2n) is 34.1. The molecule has 0 saturated carbocycles. The summed E-state index contributed by atoms with van der Waals surface area (Å²) >= 11 is 3.19. The van der Waals surface area contributed by atoms with Gasteiger partial charge in [0.05, 0.1) is 120 Å². The van der Waals surface area contributed by atoms with Crippen LogP contribution in [-0.2, 0) is 0 Å². The van der Waals surface area contributed by atoms with E-state index in [-0.39, 0.29) is 11.0 Å². The largest absolute Gasteiger partial charge is 0.491 e. The molecular weight excluding hydrogens is 1770 g/mol. The van der Waals surface area contributed by atoms with E-state index in [0.29, 0.717) is 66.9 Å². The minimum Gasteiger partial charge on any atom is -0.423 e. The van der Waals surface area contributed by atoms with Crippen LogP contribution in [0.5, 0.6) is 0 Å². The van der Waals surface area contributed by atoms with Crippen LogP contribution >= 0.6 is 15.9 Å². The van der Waals surface area contributed by atoms with Gasteiger partial charge >= 0.3 is 7.12 Å². The normalized spacial score (nSPS) is 11.0. The van der Waals surface area contributed by atoms with E-state index < -0.39 is 18.8 Å². The lowest BCUT2D eigenvalue weighted by Crippen LogP contribution is -2.33. The highest BCUT2D eigenvalue weighted by molar-refractivity contribution is 9.10. The van der Waals surface area contributed by atoms with Crippen LogP contribution in [0.2, 0.25) is 0 Å². The molecule has 18 heteroatoms. The first kappa shape index (κ1) is 89.3. The second-order valence-corrected chi connectivity index (χ2v) is 35.0. The fourth-order valence-electron chi connectivity index (χ4n) is 19.2. The Hall–Kier alpha value is -18.0. The number of nitriles is 6. The van der Waals surface area contributed by atoms with Gasteiger partial charge in [0.1, 0.15) is 11.6 Å². The summed E-state index contributed by atoms with van der Waals surface area (Å²) in [6, 6.07) is 131. The van der Waals surface area contributed by atoms with Gasteiger partial charge in [-0.3, -0.25) is 0 Å². The van der Waals surface area contributed by atoms with Gasteiger partial charge in [0.2, 0.25) is 0 Å². The molecule has 4 heterocycles. The Morgan fingerprint density at radius 1 is 0.268 bits per heavy atom. The molecule has 138 heavy (non-hydrogen) atoms. The second kappa shape index (κ2) is 37.9. The SMILES string of the molecule is Cc1cccc(C)c1-n1c2ccccc2c2cc(-n3c4ccccc4c4ccccc43)cc(-c3cc(C#N)cc(C#N)c3)c21.Cc1cccc(C)c1Nc1ccccc1-c1cc(-n2c3ccccc3c3ccccc32)cc(-c2cc(C#N)cc(C#N)c2)c1F.Cc1cccc(C)c1Nc1ccccc1-c1cc(-n2c3ccccc3c3ccccc32)cc(B(O)O)c1F.N#Cc1cc(Br)cc(C#N)c1. The van der Waals surface area contributed by atoms with Gasteiger partial charge in [-0.2, -0.15) is 31.6 Å². The molecular formula is C120H82BBrF2N12O2. The third-order valence-corrected chi connectivity index (χ3v) is 25.9. The highest BCUT2D eigenvalue weighted by Gasteiger charge is 2.29. The number of nitrogens with one attached hydrogen (secondary N) is 2. The molecule has 0 atom stereocenters. The predicted molar refractivity (Wildman–Crippen MR) is 558 cm³/mol. The minimum atomic E-state index is -1.97. The molecule has 0 aliphatic carbocycles. The summed E-state index contributed by atoms with van der Waals surface area (Å²) in [4.78, 5) is 0. The Balaban J connectivity index is 0.000000125. The molecule has 0 unspecified atom stereocenters. The van der Waals surface area contributed by atoms with Crippen LogP contribution < -0.4 is 16.1 Å². The Morgan fingerprint density at radius 2 is 0.543 bits per heavy atom. The lowest BCUT2D eigenvalue weighted by atomic mass is 9.77. The zero-order valence-corrected chi connectivity index (χ0v) is 77.3. The molecule has 0 bridgehead atoms. The van der Waals surface area contributed by atoms with Crippen LogP contribution in [-0.4, -0.2) is 35.4 Å². The van der Waals surface area contributed by atoms with E-state index in [4.69, 9.17) is 10.5 Å². The zero-order valence-electron chi connectivity index (χ0n) is 75.7. The molecule has 0 saturated heterocycles. The quantitative estimate of drug-likeness (QED) is 0.0798. The monoisotopic (exact) mass is 1850 g/mol. The van der Waals surface area contributed by atoms with Crippen LogP contribution in [0, 0.1) is 121 Å². The summed E-state index contributed by atoms with van der Waals surface area (Å²) in [6.07, 6.45) is 0. The van der Waals surface area contributed by atoms with Crippen LogP contribution in [0.25, 0.3) is 154 Å². The maximum absolute atomic E-state index is 17.0. The van der Waals surface area contributed by atoms with Gasteiger partial charge < -0.3 is 39.0 Å². The number of fused-ring (bicyclic) bond motifs is 12. The number of halogens is 3. The van der Waals surface area contributed by atoms with Crippen molar-refractivity contribution in [2.45, 2.75) is 41.5 Å². The first-order valence-corrected chi connectivity index (χ1v) is 45.5. The van der Waals surface area contributed by atoms with Crippen molar-refractivity contribution in [3.8, 4) is 104 Å². The summed E-state index contributed by atoms with van der Waals surface area (Å²) in [6.45, 7) is 12.5. The average molecular weight is 1850 g/mol. The number of hydrogen-bond acceptors (Lipinski definition) is 10. The topological polar surface area (TPSA) is 227 Å². The standard InChI is InChI=1S/C40H27FN4.C40H26N4.C32H26BFN2O2.C8H3BrN2/c1-25-10-9-11-26(2)40(25)44-36-15-6-3-12-31(36)35-22-30(21-34(39(35)41)29-19-27(23-42)18-28(20-29)24-43)45-37-16-7-4-13-32(37)33-14-5-8-17-38(33)45;1-25-10-9-11-26(2)39(25)44-38-17-8-5-14-33(38)35-22-30(21-34(40(35)44)29-19-27(23-41)18-28(20-29)24-42)43-36-15-6-3-12-31(36)32-13-4-7-16-37(32)43;1-20-10-9-11-21(2)32(20)35-28-15-6-3-12-23(28)26-18-22(19-27(31(26)34)33(37)38)36-29-16-7-4-13-24(29)25-14-5-8-17-30(25)36;9-8-2-6(4-10)1-7(3-8)5-11/h3-22,44H,1-2H3;3-22H,1-2H3;3-19,35,37-38H,1-2H3;1-3H. The number of para-hydroxylation sites is 12. The van der Waals surface area contributed by atoms with Crippen LogP contribution in [0.15, 0.2) is 368 Å². The molecule has 0 radical (unpaired) electrons. The molecule has 4 N–H and O–H groups in total. The van der Waals surface area contributed by atoms with Gasteiger partial charge in [-0.25, -0.2) is 8.78 Å². The van der Waals surface area contributed by atoms with Crippen molar-refractivity contribution in [2.24, 2.45) is 0 Å². The van der Waals surface area contributed by atoms with Crippen molar-refractivity contribution < 1.29 is 18.8 Å². The van der Waals surface area contributed by atoms with Gasteiger partial charge in [0, 0.05) is 126 Å². The molecule has 22 rings (SSSR count). The van der Waals surface area contributed by atoms with Crippen molar-refractivity contribution in [3.05, 3.63) is 447 Å². The number of hydrogen-bond donors (Lipinski definition) is 4. The maximum Gasteiger partial charge on any atom is 0.491 e. The van der Waals surface area contributed by atoms with E-state index in [1.54, 1.807) is 42.5 Å². The Bertz CT molecular complexity index is 8690. The van der Waals surface area contributed by atoms with Crippen molar-refractivity contribution in [2.75, 3.05) is 10.6 Å². The number of benzene rings is 18. The molecule has 14 nitrogen and oxygen atoms in total. The van der Waals surface area contributed by atoms with E-state index >= 15 is 8.78 Å². The number of aryl methyl sites for hydroxylation is 6. The molecule has 4 aromatic heterocycles. The average Bonchev–Trinajstić information content (AvgIpc) is 1.56. The summed E-state index contributed by atoms with van der Waals surface area (Å²) in [5.41, 5.74) is 28.9. The van der Waals surface area contributed by atoms with Crippen molar-refractivity contribution in [3.63, 3.8) is 0 Å². The molecule has 658 valence electrons. The third-order valence-electron chi connectivity index (χ3n) is 25.4. The molecule has 0 fully saturated rings. The smallest absolute Gasteiger partial charge is 0.423 e. The summed E-state index contributed by atoms with van der Waals surface area (Å²) in [5, 5.41) is 92.8. The lowest BCUT2D eigenvalue weighted by molar-refractivity contribution is 0.423. The number of aromatic nitrogens is 4. The number of anilines is 4. The van der Waals surface area contributed by atoms with Crippen LogP contribution in [0.1, 0.15) is 66.8 Å². The third kappa shape index (κ3) is 16.7. The Labute approximate surface area is 804 Å². The fourth-order valence-corrected chi connectivity index (χ4v) is 19.7. The van der Waals surface area contributed by atoms with Gasteiger partial charge in [0.25, 0.3) is 0 Å². The first-order chi connectivity index (χ1) is 67.2. The lowest BCUT2D eigenvalue weighted by Gasteiger charge is -2.19. The van der Waals surface area contributed by atoms with E-state index in [1.165, 1.54) is 34.0 Å². The molecule has 0 spiro atoms. The molecule has 0 amide bonds. The highest BCUT2D eigenvalue weighted by Crippen LogP contribution is 2.47. The van der Waals surface area contributed by atoms with E-state index in [1.807, 2.05) is 188 Å². The molecule has 22 aromatic rings. The summed E-state index contributed by atoms with van der Waals surface area (Å²) in [5.74, 6) is -1.10. The van der Waals surface area contributed by atoms with Crippen molar-refractivity contribution in [1.82, 2.24) is 18.3 Å². The van der Waals surface area contributed by atoms with E-state index in [2.05, 4.69) is 244 Å². The molecule has 0 aliphatic rings. The fraction of sp³-hybridized carbons (Fsp3) is 0.0500. The Morgan fingerprint density at radius 3 is 0.899 bits per heavy atom. The first-order valence-electron chi connectivity index (χ1n) is 44.7. The van der Waals surface area contributed by atoms with Gasteiger partial charge in [-0.15, -0.1) is 0 Å². The summed E-state index contributed by atoms with van der Waals surface area (Å²) < 4.78 is 42.7.